The fraction of sp³-hybridized carbons (Fsp3) is 0.472. The third kappa shape index (κ3) is 7.36. The molecule has 0 unspecified atom stereocenters. The second-order valence-electron chi connectivity index (χ2n) is 12.4. The number of nitrogens with zero attached hydrogens (tertiary/aromatic N) is 2. The van der Waals surface area contributed by atoms with Gasteiger partial charge in [-0.3, -0.25) is 9.69 Å². The molecule has 3 fully saturated rings. The lowest BCUT2D eigenvalue weighted by atomic mass is 9.90. The van der Waals surface area contributed by atoms with Crippen molar-refractivity contribution in [1.29, 1.82) is 0 Å². The maximum Gasteiger partial charge on any atom is 0.251 e. The van der Waals surface area contributed by atoms with Gasteiger partial charge < -0.3 is 24.8 Å². The smallest absolute Gasteiger partial charge is 0.251 e. The summed E-state index contributed by atoms with van der Waals surface area (Å²) in [7, 11) is 0. The summed E-state index contributed by atoms with van der Waals surface area (Å²) in [6.45, 7) is 8.37. The summed E-state index contributed by atoms with van der Waals surface area (Å²) >= 11 is 0. The van der Waals surface area contributed by atoms with Crippen LogP contribution in [-0.4, -0.2) is 65.7 Å². The van der Waals surface area contributed by atoms with E-state index in [2.05, 4.69) is 46.3 Å². The van der Waals surface area contributed by atoms with Crippen LogP contribution in [0.1, 0.15) is 77.6 Å². The lowest BCUT2D eigenvalue weighted by Gasteiger charge is -2.43. The van der Waals surface area contributed by atoms with E-state index in [0.29, 0.717) is 18.2 Å². The van der Waals surface area contributed by atoms with Crippen LogP contribution < -0.4 is 5.32 Å². The summed E-state index contributed by atoms with van der Waals surface area (Å²) in [6, 6.07) is 26.2. The summed E-state index contributed by atoms with van der Waals surface area (Å²) in [4.78, 5) is 17.8. The molecule has 0 saturated carbocycles. The number of ether oxygens (including phenoxy) is 2. The fourth-order valence-corrected chi connectivity index (χ4v) is 6.83. The van der Waals surface area contributed by atoms with Crippen molar-refractivity contribution in [3.05, 3.63) is 107 Å². The lowest BCUT2D eigenvalue weighted by molar-refractivity contribution is -0.276. The molecular weight excluding hydrogens is 538 g/mol. The molecule has 7 nitrogen and oxygen atoms in total. The van der Waals surface area contributed by atoms with Crippen LogP contribution in [0.5, 0.6) is 0 Å². The predicted molar refractivity (Wildman–Crippen MR) is 167 cm³/mol. The van der Waals surface area contributed by atoms with E-state index in [1.165, 1.54) is 38.8 Å². The van der Waals surface area contributed by atoms with E-state index in [1.54, 1.807) is 0 Å². The zero-order chi connectivity index (χ0) is 29.6. The van der Waals surface area contributed by atoms with Crippen LogP contribution in [0.15, 0.2) is 78.9 Å². The van der Waals surface area contributed by atoms with Crippen molar-refractivity contribution >= 4 is 5.91 Å². The van der Waals surface area contributed by atoms with Gasteiger partial charge in [0.25, 0.3) is 5.91 Å². The summed E-state index contributed by atoms with van der Waals surface area (Å²) < 4.78 is 13.5. The molecule has 228 valence electrons. The van der Waals surface area contributed by atoms with Gasteiger partial charge in [-0.2, -0.15) is 0 Å². The minimum absolute atomic E-state index is 0.0188. The van der Waals surface area contributed by atoms with Gasteiger partial charge in [-0.05, 0) is 74.1 Å². The first-order valence-electron chi connectivity index (χ1n) is 16.0. The van der Waals surface area contributed by atoms with Gasteiger partial charge in [-0.1, -0.05) is 73.7 Å². The molecular formula is C36H45N3O4. The maximum atomic E-state index is 12.5. The van der Waals surface area contributed by atoms with Crippen LogP contribution in [0.25, 0.3) is 0 Å². The quantitative estimate of drug-likeness (QED) is 0.330. The van der Waals surface area contributed by atoms with E-state index < -0.39 is 6.29 Å². The SMILES string of the molecule is C[C@H]1[C@@H](CN2CCC[C@H]2CN2CCCC2)O[C@@H](c2ccc(CNC(=O)c3ccccc3)cc2)O[C@H]1c1ccc(CO)cc1. The van der Waals surface area contributed by atoms with Crippen molar-refractivity contribution in [2.24, 2.45) is 5.92 Å². The van der Waals surface area contributed by atoms with Crippen molar-refractivity contribution in [3.8, 4) is 0 Å². The zero-order valence-electron chi connectivity index (χ0n) is 25.2. The Kier molecular flexibility index (Phi) is 9.86. The zero-order valence-corrected chi connectivity index (χ0v) is 25.2. The Morgan fingerprint density at radius 3 is 2.26 bits per heavy atom. The Hall–Kier alpha value is -3.07. The van der Waals surface area contributed by atoms with Crippen LogP contribution in [0.2, 0.25) is 0 Å². The number of nitrogens with one attached hydrogen (secondary N) is 1. The number of hydrogen-bond donors (Lipinski definition) is 2. The number of aliphatic hydroxyl groups is 1. The number of likely N-dealkylation sites (tertiary alicyclic amines) is 2. The fourth-order valence-electron chi connectivity index (χ4n) is 6.83. The van der Waals surface area contributed by atoms with E-state index in [-0.39, 0.29) is 30.6 Å². The highest BCUT2D eigenvalue weighted by Gasteiger charge is 2.40. The topological polar surface area (TPSA) is 74.3 Å². The summed E-state index contributed by atoms with van der Waals surface area (Å²) in [6.07, 6.45) is 4.55. The van der Waals surface area contributed by atoms with Crippen molar-refractivity contribution < 1.29 is 19.4 Å². The number of benzene rings is 3. The molecule has 0 spiro atoms. The van der Waals surface area contributed by atoms with E-state index in [1.807, 2.05) is 54.6 Å². The molecule has 3 aliphatic rings. The average molecular weight is 584 g/mol. The van der Waals surface area contributed by atoms with Crippen LogP contribution >= 0.6 is 0 Å². The number of hydrogen-bond acceptors (Lipinski definition) is 6. The minimum atomic E-state index is -0.490. The Balaban J connectivity index is 1.16. The van der Waals surface area contributed by atoms with Gasteiger partial charge in [-0.15, -0.1) is 0 Å². The first-order chi connectivity index (χ1) is 21.1. The Morgan fingerprint density at radius 1 is 0.837 bits per heavy atom. The standard InChI is InChI=1S/C36H45N3O4/c1-26-33(24-39-21-7-10-32(39)23-38-19-5-6-20-38)42-36(43-34(26)29-15-13-28(25-40)14-16-29)31-17-11-27(12-18-31)22-37-35(41)30-8-3-2-4-9-30/h2-4,8-9,11-18,26,32-34,36,40H,5-7,10,19-25H2,1H3,(H,37,41)/t26-,32-,33+,34+,36+/m0/s1. The van der Waals surface area contributed by atoms with Crippen molar-refractivity contribution in [1.82, 2.24) is 15.1 Å². The highest BCUT2D eigenvalue weighted by molar-refractivity contribution is 5.94. The molecule has 2 N–H and O–H groups in total. The van der Waals surface area contributed by atoms with E-state index in [0.717, 1.165) is 41.9 Å². The van der Waals surface area contributed by atoms with Gasteiger partial charge in [0, 0.05) is 42.7 Å². The van der Waals surface area contributed by atoms with Crippen molar-refractivity contribution in [3.63, 3.8) is 0 Å². The van der Waals surface area contributed by atoms with Crippen LogP contribution in [0, 0.1) is 5.92 Å². The molecule has 3 aromatic rings. The van der Waals surface area contributed by atoms with Gasteiger partial charge in [0.15, 0.2) is 6.29 Å². The van der Waals surface area contributed by atoms with E-state index in [4.69, 9.17) is 9.47 Å². The third-order valence-corrected chi connectivity index (χ3v) is 9.45. The molecule has 43 heavy (non-hydrogen) atoms. The van der Waals surface area contributed by atoms with Gasteiger partial charge in [-0.25, -0.2) is 0 Å². The van der Waals surface area contributed by atoms with Gasteiger partial charge >= 0.3 is 0 Å². The Morgan fingerprint density at radius 2 is 1.53 bits per heavy atom. The average Bonchev–Trinajstić information content (AvgIpc) is 3.74. The molecule has 1 amide bonds. The number of carbonyl (C=O) groups excluding carboxylic acids is 1. The van der Waals surface area contributed by atoms with Crippen LogP contribution in [0.4, 0.5) is 0 Å². The van der Waals surface area contributed by atoms with E-state index >= 15 is 0 Å². The summed E-state index contributed by atoms with van der Waals surface area (Å²) in [5.41, 5.74) is 4.66. The molecule has 0 radical (unpaired) electrons. The molecule has 3 aromatic carbocycles. The highest BCUT2D eigenvalue weighted by atomic mass is 16.7. The molecule has 0 aromatic heterocycles. The molecule has 0 aliphatic carbocycles. The third-order valence-electron chi connectivity index (χ3n) is 9.45. The monoisotopic (exact) mass is 583 g/mol. The van der Waals surface area contributed by atoms with Gasteiger partial charge in [0.05, 0.1) is 18.8 Å². The molecule has 7 heteroatoms. The van der Waals surface area contributed by atoms with Crippen LogP contribution in [-0.2, 0) is 22.6 Å². The molecule has 3 saturated heterocycles. The Bertz CT molecular complexity index is 1310. The number of amides is 1. The van der Waals surface area contributed by atoms with Gasteiger partial charge in [0.2, 0.25) is 0 Å². The van der Waals surface area contributed by atoms with Crippen molar-refractivity contribution in [2.45, 2.75) is 70.3 Å². The second kappa shape index (κ2) is 14.1. The largest absolute Gasteiger partial charge is 0.392 e. The first-order valence-corrected chi connectivity index (χ1v) is 16.0. The second-order valence-corrected chi connectivity index (χ2v) is 12.4. The molecule has 5 atom stereocenters. The summed E-state index contributed by atoms with van der Waals surface area (Å²) in [5, 5.41) is 12.6. The summed E-state index contributed by atoms with van der Waals surface area (Å²) in [5.74, 6) is 0.0807. The number of aliphatic hydroxyl groups excluding tert-OH is 1. The lowest BCUT2D eigenvalue weighted by Crippen LogP contribution is -2.48. The van der Waals surface area contributed by atoms with E-state index in [9.17, 15) is 9.90 Å². The van der Waals surface area contributed by atoms with Crippen LogP contribution in [0.3, 0.4) is 0 Å². The molecule has 3 aliphatic heterocycles. The number of carbonyl (C=O) groups is 1. The normalized spacial score (nSPS) is 26.5. The first kappa shape index (κ1) is 30.0. The predicted octanol–water partition coefficient (Wildman–Crippen LogP) is 5.46. The number of rotatable bonds is 10. The van der Waals surface area contributed by atoms with Gasteiger partial charge in [0.1, 0.15) is 0 Å². The molecule has 0 bridgehead atoms. The minimum Gasteiger partial charge on any atom is -0.392 e. The maximum absolute atomic E-state index is 12.5. The molecule has 6 rings (SSSR count). The van der Waals surface area contributed by atoms with Crippen molar-refractivity contribution in [2.75, 3.05) is 32.7 Å². The highest BCUT2D eigenvalue weighted by Crippen LogP contribution is 2.42. The Labute approximate surface area is 255 Å². The molecule has 3 heterocycles.